The van der Waals surface area contributed by atoms with Gasteiger partial charge in [0, 0.05) is 11.6 Å². The molecule has 3 heterocycles. The van der Waals surface area contributed by atoms with Crippen LogP contribution in [0.4, 0.5) is 0 Å². The fraction of sp³-hybridized carbons (Fsp3) is 0.0909. The second kappa shape index (κ2) is 2.95. The van der Waals surface area contributed by atoms with E-state index in [0.29, 0.717) is 0 Å². The highest BCUT2D eigenvalue weighted by atomic mass is 16.3. The van der Waals surface area contributed by atoms with E-state index in [1.54, 1.807) is 12.4 Å². The Morgan fingerprint density at radius 3 is 3.07 bits per heavy atom. The Kier molecular flexibility index (Phi) is 1.62. The quantitative estimate of drug-likeness (QED) is 0.655. The van der Waals surface area contributed by atoms with Crippen LogP contribution in [0, 0.1) is 6.92 Å². The van der Waals surface area contributed by atoms with Crippen molar-refractivity contribution in [2.45, 2.75) is 6.92 Å². The minimum Gasteiger partial charge on any atom is -0.442 e. The van der Waals surface area contributed by atoms with Crippen molar-refractivity contribution in [3.05, 3.63) is 36.5 Å². The SMILES string of the molecule is Cc1ccnc2[nH]c(-c3cnco3)cc12. The number of aryl methyl sites for hydroxylation is 1. The van der Waals surface area contributed by atoms with E-state index in [1.807, 2.05) is 12.1 Å². The monoisotopic (exact) mass is 199 g/mol. The van der Waals surface area contributed by atoms with Gasteiger partial charge in [0.05, 0.1) is 11.9 Å². The van der Waals surface area contributed by atoms with Gasteiger partial charge in [0.2, 0.25) is 0 Å². The Morgan fingerprint density at radius 1 is 1.40 bits per heavy atom. The van der Waals surface area contributed by atoms with Crippen molar-refractivity contribution in [1.29, 1.82) is 0 Å². The van der Waals surface area contributed by atoms with Crippen molar-refractivity contribution in [2.24, 2.45) is 0 Å². The van der Waals surface area contributed by atoms with Gasteiger partial charge in [0.15, 0.2) is 12.2 Å². The molecule has 0 amide bonds. The zero-order chi connectivity index (χ0) is 10.3. The summed E-state index contributed by atoms with van der Waals surface area (Å²) in [5, 5.41) is 1.11. The molecule has 0 saturated carbocycles. The second-order valence-electron chi connectivity index (χ2n) is 3.44. The third-order valence-corrected chi connectivity index (χ3v) is 2.45. The standard InChI is InChI=1S/C11H9N3O/c1-7-2-3-13-11-8(7)4-9(14-11)10-5-12-6-15-10/h2-6H,1H3,(H,13,14). The average Bonchev–Trinajstić information content (AvgIpc) is 2.86. The van der Waals surface area contributed by atoms with Crippen LogP contribution < -0.4 is 0 Å². The Morgan fingerprint density at radius 2 is 2.33 bits per heavy atom. The summed E-state index contributed by atoms with van der Waals surface area (Å²) >= 11 is 0. The normalized spacial score (nSPS) is 11.0. The van der Waals surface area contributed by atoms with Crippen molar-refractivity contribution in [2.75, 3.05) is 0 Å². The summed E-state index contributed by atoms with van der Waals surface area (Å²) in [5.41, 5.74) is 2.98. The number of nitrogens with zero attached hydrogens (tertiary/aromatic N) is 2. The molecule has 4 heteroatoms. The van der Waals surface area contributed by atoms with Crippen molar-refractivity contribution in [1.82, 2.24) is 15.0 Å². The molecule has 0 aliphatic rings. The molecule has 0 bridgehead atoms. The van der Waals surface area contributed by atoms with Gasteiger partial charge < -0.3 is 9.40 Å². The van der Waals surface area contributed by atoms with Gasteiger partial charge in [-0.15, -0.1) is 0 Å². The summed E-state index contributed by atoms with van der Waals surface area (Å²) in [7, 11) is 0. The smallest absolute Gasteiger partial charge is 0.181 e. The molecule has 3 rings (SSSR count). The fourth-order valence-corrected chi connectivity index (χ4v) is 1.64. The van der Waals surface area contributed by atoms with Gasteiger partial charge in [0.25, 0.3) is 0 Å². The van der Waals surface area contributed by atoms with Gasteiger partial charge in [-0.1, -0.05) is 0 Å². The lowest BCUT2D eigenvalue weighted by Crippen LogP contribution is -1.77. The maximum atomic E-state index is 5.22. The molecule has 0 aliphatic heterocycles. The van der Waals surface area contributed by atoms with Gasteiger partial charge in [-0.05, 0) is 24.6 Å². The van der Waals surface area contributed by atoms with Crippen molar-refractivity contribution in [3.63, 3.8) is 0 Å². The molecule has 4 nitrogen and oxygen atoms in total. The maximum absolute atomic E-state index is 5.22. The summed E-state index contributed by atoms with van der Waals surface area (Å²) in [6.07, 6.45) is 4.89. The van der Waals surface area contributed by atoms with Crippen LogP contribution in [0.5, 0.6) is 0 Å². The van der Waals surface area contributed by atoms with Crippen LogP contribution >= 0.6 is 0 Å². The molecule has 0 fully saturated rings. The number of aromatic nitrogens is 3. The number of pyridine rings is 1. The first-order valence-corrected chi connectivity index (χ1v) is 4.68. The molecule has 0 spiro atoms. The number of hydrogen-bond acceptors (Lipinski definition) is 3. The van der Waals surface area contributed by atoms with Crippen LogP contribution in [0.1, 0.15) is 5.56 Å². The lowest BCUT2D eigenvalue weighted by molar-refractivity contribution is 0.570. The minimum atomic E-state index is 0.729. The summed E-state index contributed by atoms with van der Waals surface area (Å²) in [6, 6.07) is 4.01. The van der Waals surface area contributed by atoms with Gasteiger partial charge in [-0.3, -0.25) is 0 Å². The molecule has 0 aromatic carbocycles. The van der Waals surface area contributed by atoms with Crippen LogP contribution in [0.2, 0.25) is 0 Å². The maximum Gasteiger partial charge on any atom is 0.181 e. The predicted octanol–water partition coefficient (Wildman–Crippen LogP) is 2.53. The summed E-state index contributed by atoms with van der Waals surface area (Å²) in [5.74, 6) is 0.729. The second-order valence-corrected chi connectivity index (χ2v) is 3.44. The molecule has 0 atom stereocenters. The largest absolute Gasteiger partial charge is 0.442 e. The van der Waals surface area contributed by atoms with E-state index in [4.69, 9.17) is 4.42 Å². The lowest BCUT2D eigenvalue weighted by Gasteiger charge is -1.91. The Balaban J connectivity index is 2.27. The van der Waals surface area contributed by atoms with Gasteiger partial charge >= 0.3 is 0 Å². The number of hydrogen-bond donors (Lipinski definition) is 1. The molecular formula is C11H9N3O. The van der Waals surface area contributed by atoms with Gasteiger partial charge in [-0.25, -0.2) is 9.97 Å². The first kappa shape index (κ1) is 8.23. The van der Waals surface area contributed by atoms with Crippen LogP contribution in [-0.4, -0.2) is 15.0 Å². The van der Waals surface area contributed by atoms with E-state index >= 15 is 0 Å². The lowest BCUT2D eigenvalue weighted by atomic mass is 10.2. The highest BCUT2D eigenvalue weighted by molar-refractivity contribution is 5.84. The van der Waals surface area contributed by atoms with Crippen molar-refractivity contribution in [3.8, 4) is 11.5 Å². The molecule has 0 aliphatic carbocycles. The zero-order valence-corrected chi connectivity index (χ0v) is 8.19. The van der Waals surface area contributed by atoms with E-state index in [0.717, 1.165) is 22.5 Å². The molecular weight excluding hydrogens is 190 g/mol. The van der Waals surface area contributed by atoms with Gasteiger partial charge in [-0.2, -0.15) is 0 Å². The van der Waals surface area contributed by atoms with Crippen LogP contribution in [0.3, 0.4) is 0 Å². The number of nitrogens with one attached hydrogen (secondary N) is 1. The van der Waals surface area contributed by atoms with Gasteiger partial charge in [0.1, 0.15) is 5.65 Å². The Hall–Kier alpha value is -2.10. The molecule has 0 unspecified atom stereocenters. The third-order valence-electron chi connectivity index (χ3n) is 2.45. The first-order valence-electron chi connectivity index (χ1n) is 4.68. The van der Waals surface area contributed by atoms with Crippen molar-refractivity contribution >= 4 is 11.0 Å². The number of aromatic amines is 1. The predicted molar refractivity (Wildman–Crippen MR) is 56.3 cm³/mol. The third kappa shape index (κ3) is 1.22. The molecule has 0 radical (unpaired) electrons. The number of oxazole rings is 1. The Bertz CT molecular complexity index is 595. The van der Waals surface area contributed by atoms with Crippen LogP contribution in [0.15, 0.2) is 35.3 Å². The molecule has 15 heavy (non-hydrogen) atoms. The average molecular weight is 199 g/mol. The first-order chi connectivity index (χ1) is 7.34. The van der Waals surface area contributed by atoms with E-state index in [-0.39, 0.29) is 0 Å². The topological polar surface area (TPSA) is 54.7 Å². The van der Waals surface area contributed by atoms with E-state index in [1.165, 1.54) is 12.0 Å². The molecule has 0 saturated heterocycles. The van der Waals surface area contributed by atoms with E-state index in [2.05, 4.69) is 21.9 Å². The number of H-pyrrole nitrogens is 1. The highest BCUT2D eigenvalue weighted by Crippen LogP contribution is 2.24. The highest BCUT2D eigenvalue weighted by Gasteiger charge is 2.07. The molecule has 74 valence electrons. The minimum absolute atomic E-state index is 0.729. The van der Waals surface area contributed by atoms with E-state index in [9.17, 15) is 0 Å². The Labute approximate surface area is 86.0 Å². The zero-order valence-electron chi connectivity index (χ0n) is 8.19. The molecule has 3 aromatic rings. The van der Waals surface area contributed by atoms with Crippen LogP contribution in [0.25, 0.3) is 22.5 Å². The van der Waals surface area contributed by atoms with Crippen molar-refractivity contribution < 1.29 is 4.42 Å². The van der Waals surface area contributed by atoms with E-state index < -0.39 is 0 Å². The fourth-order valence-electron chi connectivity index (χ4n) is 1.64. The summed E-state index contributed by atoms with van der Waals surface area (Å²) in [4.78, 5) is 11.3. The summed E-state index contributed by atoms with van der Waals surface area (Å²) < 4.78 is 5.22. The molecule has 3 aromatic heterocycles. The molecule has 1 N–H and O–H groups in total. The summed E-state index contributed by atoms with van der Waals surface area (Å²) in [6.45, 7) is 2.06. The van der Waals surface area contributed by atoms with Crippen LogP contribution in [-0.2, 0) is 0 Å². The number of fused-ring (bicyclic) bond motifs is 1. The number of rotatable bonds is 1.